The average molecular weight is 284 g/mol. The smallest absolute Gasteiger partial charge is 0.107 e. The molecule has 1 aliphatic carbocycles. The van der Waals surface area contributed by atoms with Crippen LogP contribution in [-0.4, -0.2) is 5.11 Å². The summed E-state index contributed by atoms with van der Waals surface area (Å²) in [4.78, 5) is 0.821. The Morgan fingerprint density at radius 3 is 2.39 bits per heavy atom. The van der Waals surface area contributed by atoms with Crippen molar-refractivity contribution in [1.29, 1.82) is 5.26 Å². The molecule has 1 saturated carbocycles. The van der Waals surface area contributed by atoms with Crippen LogP contribution >= 0.6 is 22.9 Å². The molecule has 0 aromatic carbocycles. The van der Waals surface area contributed by atoms with Gasteiger partial charge in [0.1, 0.15) is 6.10 Å². The molecule has 1 aliphatic rings. The fraction of sp³-hybridized carbons (Fsp3) is 0.643. The molecular weight excluding hydrogens is 266 g/mol. The van der Waals surface area contributed by atoms with E-state index in [-0.39, 0.29) is 0 Å². The molecule has 0 saturated heterocycles. The Morgan fingerprint density at radius 2 is 1.89 bits per heavy atom. The highest BCUT2D eigenvalue weighted by Crippen LogP contribution is 2.45. The summed E-state index contributed by atoms with van der Waals surface area (Å²) < 4.78 is 0. The maximum Gasteiger partial charge on any atom is 0.107 e. The Kier molecular flexibility index (Phi) is 4.66. The van der Waals surface area contributed by atoms with E-state index in [0.717, 1.165) is 30.6 Å². The molecule has 98 valence electrons. The first kappa shape index (κ1) is 13.9. The van der Waals surface area contributed by atoms with Crippen LogP contribution in [0.1, 0.15) is 55.9 Å². The number of hydrogen-bond acceptors (Lipinski definition) is 3. The zero-order chi connectivity index (χ0) is 13.0. The highest BCUT2D eigenvalue weighted by molar-refractivity contribution is 7.10. The lowest BCUT2D eigenvalue weighted by atomic mass is 9.73. The van der Waals surface area contributed by atoms with E-state index in [1.54, 1.807) is 6.07 Å². The van der Waals surface area contributed by atoms with Crippen molar-refractivity contribution in [3.8, 4) is 6.07 Å². The van der Waals surface area contributed by atoms with Crippen LogP contribution in [0, 0.1) is 16.7 Å². The molecule has 0 aliphatic heterocycles. The van der Waals surface area contributed by atoms with Gasteiger partial charge in [-0.15, -0.1) is 11.3 Å². The average Bonchev–Trinajstić information content (AvgIpc) is 2.76. The minimum absolute atomic E-state index is 0.616. The van der Waals surface area contributed by atoms with Crippen molar-refractivity contribution in [3.63, 3.8) is 0 Å². The molecule has 0 amide bonds. The highest BCUT2D eigenvalue weighted by atomic mass is 35.5. The molecule has 1 heterocycles. The van der Waals surface area contributed by atoms with Gasteiger partial charge < -0.3 is 5.11 Å². The Balaban J connectivity index is 2.21. The zero-order valence-corrected chi connectivity index (χ0v) is 11.9. The Labute approximate surface area is 117 Å². The van der Waals surface area contributed by atoms with E-state index in [1.807, 2.05) is 5.38 Å². The van der Waals surface area contributed by atoms with E-state index >= 15 is 0 Å². The SMILES string of the molecule is N#CC1(C(O)c2cc(Cl)cs2)CCCCCCC1. The van der Waals surface area contributed by atoms with E-state index in [0.29, 0.717) is 5.02 Å². The van der Waals surface area contributed by atoms with Crippen LogP contribution in [0.4, 0.5) is 0 Å². The molecule has 1 unspecified atom stereocenters. The maximum absolute atomic E-state index is 10.6. The molecule has 1 N–H and O–H groups in total. The maximum atomic E-state index is 10.6. The summed E-state index contributed by atoms with van der Waals surface area (Å²) in [5.41, 5.74) is -0.616. The van der Waals surface area contributed by atoms with E-state index in [9.17, 15) is 10.4 Å². The fourth-order valence-electron chi connectivity index (χ4n) is 2.73. The molecule has 18 heavy (non-hydrogen) atoms. The van der Waals surface area contributed by atoms with Gasteiger partial charge in [-0.1, -0.05) is 43.7 Å². The summed E-state index contributed by atoms with van der Waals surface area (Å²) >= 11 is 7.35. The molecular formula is C14H18ClNOS. The number of hydrogen-bond donors (Lipinski definition) is 1. The van der Waals surface area contributed by atoms with E-state index in [2.05, 4.69) is 6.07 Å². The molecule has 1 aromatic heterocycles. The fourth-order valence-corrected chi connectivity index (χ4v) is 3.91. The minimum atomic E-state index is -0.696. The second-order valence-electron chi connectivity index (χ2n) is 5.11. The summed E-state index contributed by atoms with van der Waals surface area (Å²) in [5, 5.41) is 22.6. The molecule has 0 radical (unpaired) electrons. The van der Waals surface area contributed by atoms with Crippen LogP contribution in [0.3, 0.4) is 0 Å². The lowest BCUT2D eigenvalue weighted by molar-refractivity contribution is 0.0463. The summed E-state index contributed by atoms with van der Waals surface area (Å²) in [7, 11) is 0. The van der Waals surface area contributed by atoms with E-state index in [1.165, 1.54) is 30.6 Å². The Morgan fingerprint density at radius 1 is 1.28 bits per heavy atom. The van der Waals surface area contributed by atoms with Gasteiger partial charge in [-0.3, -0.25) is 0 Å². The molecule has 2 rings (SSSR count). The van der Waals surface area contributed by atoms with Crippen LogP contribution in [-0.2, 0) is 0 Å². The van der Waals surface area contributed by atoms with Gasteiger partial charge in [0, 0.05) is 10.3 Å². The van der Waals surface area contributed by atoms with Gasteiger partial charge in [0.05, 0.1) is 16.5 Å². The predicted octanol–water partition coefficient (Wildman–Crippen LogP) is 4.69. The van der Waals surface area contributed by atoms with Crippen LogP contribution in [0.2, 0.25) is 5.02 Å². The Hall–Kier alpha value is -0.560. The highest BCUT2D eigenvalue weighted by Gasteiger charge is 2.39. The van der Waals surface area contributed by atoms with Crippen molar-refractivity contribution < 1.29 is 5.11 Å². The second-order valence-corrected chi connectivity index (χ2v) is 6.48. The van der Waals surface area contributed by atoms with Crippen LogP contribution < -0.4 is 0 Å². The number of aliphatic hydroxyl groups is 1. The van der Waals surface area contributed by atoms with Crippen LogP contribution in [0.25, 0.3) is 0 Å². The number of aliphatic hydroxyl groups excluding tert-OH is 1. The molecule has 0 spiro atoms. The van der Waals surface area contributed by atoms with Crippen molar-refractivity contribution in [3.05, 3.63) is 21.3 Å². The summed E-state index contributed by atoms with van der Waals surface area (Å²) in [6.45, 7) is 0. The van der Waals surface area contributed by atoms with Crippen LogP contribution in [0.15, 0.2) is 11.4 Å². The summed E-state index contributed by atoms with van der Waals surface area (Å²) in [6.07, 6.45) is 6.54. The van der Waals surface area contributed by atoms with Crippen molar-refractivity contribution in [2.75, 3.05) is 0 Å². The monoisotopic (exact) mass is 283 g/mol. The van der Waals surface area contributed by atoms with Gasteiger partial charge in [0.2, 0.25) is 0 Å². The first-order chi connectivity index (χ1) is 8.68. The predicted molar refractivity (Wildman–Crippen MR) is 74.7 cm³/mol. The normalized spacial score (nSPS) is 21.6. The number of nitriles is 1. The van der Waals surface area contributed by atoms with Crippen molar-refractivity contribution in [2.24, 2.45) is 5.41 Å². The van der Waals surface area contributed by atoms with Gasteiger partial charge in [0.15, 0.2) is 0 Å². The summed E-state index contributed by atoms with van der Waals surface area (Å²) in [5.74, 6) is 0. The number of rotatable bonds is 2. The third-order valence-corrected chi connectivity index (χ3v) is 5.18. The first-order valence-corrected chi connectivity index (χ1v) is 7.77. The third-order valence-electron chi connectivity index (χ3n) is 3.85. The second kappa shape index (κ2) is 6.06. The molecule has 1 fully saturated rings. The van der Waals surface area contributed by atoms with Gasteiger partial charge in [0.25, 0.3) is 0 Å². The molecule has 1 atom stereocenters. The standard InChI is InChI=1S/C14H18ClNOS/c15-11-8-12(18-9-11)13(17)14(10-16)6-4-2-1-3-5-7-14/h8-9,13,17H,1-7H2. The van der Waals surface area contributed by atoms with Crippen molar-refractivity contribution in [2.45, 2.75) is 51.0 Å². The number of halogens is 1. The third kappa shape index (κ3) is 2.88. The summed E-state index contributed by atoms with van der Waals surface area (Å²) in [6, 6.07) is 4.19. The van der Waals surface area contributed by atoms with Gasteiger partial charge in [-0.2, -0.15) is 5.26 Å². The Bertz CT molecular complexity index is 429. The number of thiophene rings is 1. The number of nitrogens with zero attached hydrogens (tertiary/aromatic N) is 1. The van der Waals surface area contributed by atoms with Gasteiger partial charge in [-0.25, -0.2) is 0 Å². The lowest BCUT2D eigenvalue weighted by Crippen LogP contribution is -2.28. The lowest BCUT2D eigenvalue weighted by Gasteiger charge is -2.32. The molecule has 4 heteroatoms. The molecule has 2 nitrogen and oxygen atoms in total. The largest absolute Gasteiger partial charge is 0.386 e. The quantitative estimate of drug-likeness (QED) is 0.856. The van der Waals surface area contributed by atoms with E-state index in [4.69, 9.17) is 11.6 Å². The topological polar surface area (TPSA) is 44.0 Å². The minimum Gasteiger partial charge on any atom is -0.386 e. The van der Waals surface area contributed by atoms with Crippen LogP contribution in [0.5, 0.6) is 0 Å². The zero-order valence-electron chi connectivity index (χ0n) is 10.4. The van der Waals surface area contributed by atoms with Crippen molar-refractivity contribution >= 4 is 22.9 Å². The van der Waals surface area contributed by atoms with Gasteiger partial charge in [-0.05, 0) is 18.9 Å². The van der Waals surface area contributed by atoms with Crippen molar-refractivity contribution in [1.82, 2.24) is 0 Å². The van der Waals surface area contributed by atoms with Gasteiger partial charge >= 0.3 is 0 Å². The molecule has 1 aromatic rings. The molecule has 0 bridgehead atoms. The van der Waals surface area contributed by atoms with E-state index < -0.39 is 11.5 Å². The first-order valence-electron chi connectivity index (χ1n) is 6.51.